The predicted molar refractivity (Wildman–Crippen MR) is 61.3 cm³/mol. The molecule has 5 nitrogen and oxygen atoms in total. The van der Waals surface area contributed by atoms with Crippen LogP contribution >= 0.6 is 0 Å². The van der Waals surface area contributed by atoms with Gasteiger partial charge in [0.05, 0.1) is 0 Å². The normalized spacial score (nSPS) is 18.1. The number of sulfonamides is 1. The molecule has 1 fully saturated rings. The first-order chi connectivity index (χ1) is 7.63. The van der Waals surface area contributed by atoms with Crippen LogP contribution in [0.1, 0.15) is 25.6 Å². The van der Waals surface area contributed by atoms with Crippen molar-refractivity contribution < 1.29 is 8.42 Å². The van der Waals surface area contributed by atoms with Crippen molar-refractivity contribution in [3.05, 3.63) is 18.2 Å². The van der Waals surface area contributed by atoms with E-state index in [2.05, 4.69) is 4.98 Å². The molecule has 6 heteroatoms. The van der Waals surface area contributed by atoms with Gasteiger partial charge in [-0.1, -0.05) is 0 Å². The van der Waals surface area contributed by atoms with Crippen molar-refractivity contribution in [1.29, 1.82) is 0 Å². The third-order valence-electron chi connectivity index (χ3n) is 2.91. The average molecular weight is 243 g/mol. The first-order valence-electron chi connectivity index (χ1n) is 5.61. The van der Waals surface area contributed by atoms with Gasteiger partial charge in [-0.05, 0) is 19.8 Å². The topological polar surface area (TPSA) is 55.2 Å². The molecule has 1 aromatic rings. The number of imidazole rings is 1. The van der Waals surface area contributed by atoms with Crippen LogP contribution in [0.25, 0.3) is 0 Å². The van der Waals surface area contributed by atoms with Gasteiger partial charge < -0.3 is 4.57 Å². The Morgan fingerprint density at radius 3 is 2.69 bits per heavy atom. The zero-order valence-corrected chi connectivity index (χ0v) is 10.3. The molecule has 0 amide bonds. The lowest BCUT2D eigenvalue weighted by molar-refractivity contribution is 0.474. The molecule has 0 bridgehead atoms. The molecule has 0 aromatic carbocycles. The third kappa shape index (κ3) is 2.27. The predicted octanol–water partition coefficient (Wildman–Crippen LogP) is 0.829. The molecular weight excluding hydrogens is 226 g/mol. The second-order valence-electron chi connectivity index (χ2n) is 3.99. The van der Waals surface area contributed by atoms with Crippen LogP contribution in [-0.2, 0) is 22.3 Å². The highest BCUT2D eigenvalue weighted by Gasteiger charge is 2.26. The van der Waals surface area contributed by atoms with E-state index in [1.54, 1.807) is 10.5 Å². The van der Waals surface area contributed by atoms with Crippen LogP contribution in [-0.4, -0.2) is 35.4 Å². The second-order valence-corrected chi connectivity index (χ2v) is 5.96. The van der Waals surface area contributed by atoms with Gasteiger partial charge in [0.2, 0.25) is 10.0 Å². The Morgan fingerprint density at radius 2 is 2.06 bits per heavy atom. The number of aromatic nitrogens is 2. The Balaban J connectivity index is 2.14. The summed E-state index contributed by atoms with van der Waals surface area (Å²) >= 11 is 0. The summed E-state index contributed by atoms with van der Waals surface area (Å²) in [5, 5.41) is 0. The summed E-state index contributed by atoms with van der Waals surface area (Å²) in [4.78, 5) is 4.10. The first-order valence-corrected chi connectivity index (χ1v) is 7.22. The van der Waals surface area contributed by atoms with E-state index in [9.17, 15) is 8.42 Å². The summed E-state index contributed by atoms with van der Waals surface area (Å²) in [6.07, 6.45) is 5.41. The molecule has 0 unspecified atom stereocenters. The number of aryl methyl sites for hydroxylation is 1. The summed E-state index contributed by atoms with van der Waals surface area (Å²) in [5.41, 5.74) is 0. The lowest BCUT2D eigenvalue weighted by Gasteiger charge is -2.15. The molecule has 0 spiro atoms. The lowest BCUT2D eigenvalue weighted by Crippen LogP contribution is -2.30. The minimum atomic E-state index is -3.17. The molecule has 0 atom stereocenters. The molecule has 2 heterocycles. The van der Waals surface area contributed by atoms with E-state index in [0.29, 0.717) is 18.9 Å². The fourth-order valence-corrected chi connectivity index (χ4v) is 3.55. The quantitative estimate of drug-likeness (QED) is 0.787. The van der Waals surface area contributed by atoms with E-state index < -0.39 is 10.0 Å². The highest BCUT2D eigenvalue weighted by molar-refractivity contribution is 7.88. The van der Waals surface area contributed by atoms with Gasteiger partial charge in [0, 0.05) is 32.0 Å². The minimum Gasteiger partial charge on any atom is -0.334 e. The van der Waals surface area contributed by atoms with Gasteiger partial charge in [-0.25, -0.2) is 17.7 Å². The van der Waals surface area contributed by atoms with Crippen LogP contribution in [0.15, 0.2) is 12.4 Å². The maximum Gasteiger partial charge on any atom is 0.221 e. The van der Waals surface area contributed by atoms with Gasteiger partial charge in [0.15, 0.2) is 0 Å². The monoisotopic (exact) mass is 243 g/mol. The molecule has 0 saturated carbocycles. The van der Waals surface area contributed by atoms with Crippen LogP contribution in [0.4, 0.5) is 0 Å². The summed E-state index contributed by atoms with van der Waals surface area (Å²) < 4.78 is 27.5. The second kappa shape index (κ2) is 4.55. The van der Waals surface area contributed by atoms with Crippen LogP contribution in [0.5, 0.6) is 0 Å². The van der Waals surface area contributed by atoms with Crippen LogP contribution in [0.2, 0.25) is 0 Å². The fourth-order valence-electron chi connectivity index (χ4n) is 1.99. The van der Waals surface area contributed by atoms with Crippen LogP contribution < -0.4 is 0 Å². The zero-order chi connectivity index (χ0) is 11.6. The summed E-state index contributed by atoms with van der Waals surface area (Å²) in [6, 6.07) is 0. The van der Waals surface area contributed by atoms with E-state index in [4.69, 9.17) is 0 Å². The molecule has 90 valence electrons. The maximum atomic E-state index is 12.0. The highest BCUT2D eigenvalue weighted by atomic mass is 32.2. The molecule has 1 saturated heterocycles. The van der Waals surface area contributed by atoms with Gasteiger partial charge in [-0.15, -0.1) is 0 Å². The summed E-state index contributed by atoms with van der Waals surface area (Å²) in [6.45, 7) is 4.06. The molecule has 0 radical (unpaired) electrons. The molecule has 1 aliphatic heterocycles. The van der Waals surface area contributed by atoms with Crippen LogP contribution in [0, 0.1) is 0 Å². The van der Waals surface area contributed by atoms with Crippen molar-refractivity contribution in [2.24, 2.45) is 0 Å². The van der Waals surface area contributed by atoms with Crippen LogP contribution in [0.3, 0.4) is 0 Å². The van der Waals surface area contributed by atoms with E-state index >= 15 is 0 Å². The van der Waals surface area contributed by atoms with Crippen molar-refractivity contribution in [2.75, 3.05) is 13.1 Å². The van der Waals surface area contributed by atoms with E-state index in [-0.39, 0.29) is 5.75 Å². The van der Waals surface area contributed by atoms with Gasteiger partial charge in [0.1, 0.15) is 11.6 Å². The lowest BCUT2D eigenvalue weighted by atomic mass is 10.4. The number of rotatable bonds is 4. The molecule has 1 aliphatic rings. The Morgan fingerprint density at radius 1 is 1.38 bits per heavy atom. The van der Waals surface area contributed by atoms with E-state index in [1.165, 1.54) is 0 Å². The fraction of sp³-hybridized carbons (Fsp3) is 0.700. The Hall–Kier alpha value is -0.880. The van der Waals surface area contributed by atoms with Gasteiger partial charge in [-0.3, -0.25) is 0 Å². The first kappa shape index (κ1) is 11.6. The zero-order valence-electron chi connectivity index (χ0n) is 9.46. The van der Waals surface area contributed by atoms with Crippen molar-refractivity contribution in [1.82, 2.24) is 13.9 Å². The van der Waals surface area contributed by atoms with Gasteiger partial charge in [-0.2, -0.15) is 0 Å². The van der Waals surface area contributed by atoms with Gasteiger partial charge in [0.25, 0.3) is 0 Å². The van der Waals surface area contributed by atoms with E-state index in [0.717, 1.165) is 19.4 Å². The summed E-state index contributed by atoms with van der Waals surface area (Å²) in [7, 11) is -3.17. The molecule has 0 N–H and O–H groups in total. The Labute approximate surface area is 96.1 Å². The molecule has 0 aliphatic carbocycles. The third-order valence-corrected chi connectivity index (χ3v) is 4.69. The van der Waals surface area contributed by atoms with E-state index in [1.807, 2.05) is 17.7 Å². The van der Waals surface area contributed by atoms with Crippen molar-refractivity contribution in [3.8, 4) is 0 Å². The Bertz CT molecular complexity index is 446. The number of hydrogen-bond acceptors (Lipinski definition) is 3. The molecule has 2 rings (SSSR count). The Kier molecular flexibility index (Phi) is 3.30. The smallest absolute Gasteiger partial charge is 0.221 e. The standard InChI is InChI=1S/C10H17N3O2S/c1-2-12-8-5-11-10(12)9-16(14,15)13-6-3-4-7-13/h5,8H,2-4,6-7,9H2,1H3. The molecule has 1 aromatic heterocycles. The largest absolute Gasteiger partial charge is 0.334 e. The average Bonchev–Trinajstić information content (AvgIpc) is 2.86. The van der Waals surface area contributed by atoms with Crippen molar-refractivity contribution in [3.63, 3.8) is 0 Å². The highest BCUT2D eigenvalue weighted by Crippen LogP contribution is 2.16. The van der Waals surface area contributed by atoms with Crippen molar-refractivity contribution >= 4 is 10.0 Å². The minimum absolute atomic E-state index is 0.0217. The SMILES string of the molecule is CCn1ccnc1CS(=O)(=O)N1CCCC1. The van der Waals surface area contributed by atoms with Gasteiger partial charge >= 0.3 is 0 Å². The summed E-state index contributed by atoms with van der Waals surface area (Å²) in [5.74, 6) is 0.655. The maximum absolute atomic E-state index is 12.0. The molecule has 16 heavy (non-hydrogen) atoms. The number of nitrogens with zero attached hydrogens (tertiary/aromatic N) is 3. The molecular formula is C10H17N3O2S. The number of hydrogen-bond donors (Lipinski definition) is 0. The van der Waals surface area contributed by atoms with Crippen molar-refractivity contribution in [2.45, 2.75) is 32.1 Å².